The van der Waals surface area contributed by atoms with E-state index in [9.17, 15) is 4.39 Å². The average Bonchev–Trinajstić information content (AvgIpc) is 2.39. The highest BCUT2D eigenvalue weighted by Gasteiger charge is 2.27. The molecule has 1 atom stereocenters. The van der Waals surface area contributed by atoms with Gasteiger partial charge in [0.25, 0.3) is 0 Å². The van der Waals surface area contributed by atoms with E-state index < -0.39 is 0 Å². The van der Waals surface area contributed by atoms with Crippen LogP contribution in [0.15, 0.2) is 24.3 Å². The van der Waals surface area contributed by atoms with Gasteiger partial charge in [0.2, 0.25) is 0 Å². The average molecular weight is 249 g/mol. The lowest BCUT2D eigenvalue weighted by molar-refractivity contribution is 0.203. The van der Waals surface area contributed by atoms with Crippen LogP contribution in [0.5, 0.6) is 0 Å². The van der Waals surface area contributed by atoms with Gasteiger partial charge in [0.05, 0.1) is 0 Å². The summed E-state index contributed by atoms with van der Waals surface area (Å²) >= 11 is 0. The van der Waals surface area contributed by atoms with Crippen molar-refractivity contribution in [3.63, 3.8) is 0 Å². The summed E-state index contributed by atoms with van der Waals surface area (Å²) in [5.74, 6) is 2.02. The van der Waals surface area contributed by atoms with Gasteiger partial charge in [0.1, 0.15) is 5.82 Å². The molecular formula is C16H24FN. The predicted octanol–water partition coefficient (Wildman–Crippen LogP) is 4.29. The third kappa shape index (κ3) is 3.11. The first kappa shape index (κ1) is 13.5. The van der Waals surface area contributed by atoms with Gasteiger partial charge in [-0.1, -0.05) is 26.0 Å². The lowest BCUT2D eigenvalue weighted by Crippen LogP contribution is -2.27. The molecule has 0 aliphatic heterocycles. The molecule has 0 spiro atoms. The Labute approximate surface area is 110 Å². The second kappa shape index (κ2) is 5.83. The van der Waals surface area contributed by atoms with E-state index >= 15 is 0 Å². The van der Waals surface area contributed by atoms with Crippen LogP contribution in [0, 0.1) is 23.6 Å². The summed E-state index contributed by atoms with van der Waals surface area (Å²) < 4.78 is 12.9. The molecule has 100 valence electrons. The van der Waals surface area contributed by atoms with Crippen molar-refractivity contribution < 1.29 is 4.39 Å². The van der Waals surface area contributed by atoms with E-state index in [1.165, 1.54) is 37.8 Å². The first-order valence-electron chi connectivity index (χ1n) is 7.09. The molecule has 1 aromatic rings. The van der Waals surface area contributed by atoms with Crippen molar-refractivity contribution in [1.29, 1.82) is 0 Å². The van der Waals surface area contributed by atoms with Gasteiger partial charge in [0.15, 0.2) is 0 Å². The van der Waals surface area contributed by atoms with E-state index in [4.69, 9.17) is 5.73 Å². The van der Waals surface area contributed by atoms with Crippen LogP contribution in [-0.2, 0) is 0 Å². The largest absolute Gasteiger partial charge is 0.324 e. The zero-order chi connectivity index (χ0) is 13.1. The molecule has 1 unspecified atom stereocenters. The first-order valence-corrected chi connectivity index (χ1v) is 7.09. The highest BCUT2D eigenvalue weighted by Crippen LogP contribution is 2.38. The Bertz CT molecular complexity index is 363. The fourth-order valence-corrected chi connectivity index (χ4v) is 3.13. The molecule has 1 aromatic carbocycles. The van der Waals surface area contributed by atoms with Gasteiger partial charge in [-0.2, -0.15) is 0 Å². The third-order valence-corrected chi connectivity index (χ3v) is 4.52. The highest BCUT2D eigenvalue weighted by molar-refractivity contribution is 5.20. The fraction of sp³-hybridized carbons (Fsp3) is 0.625. The molecule has 0 saturated heterocycles. The van der Waals surface area contributed by atoms with Crippen LogP contribution in [-0.4, -0.2) is 0 Å². The van der Waals surface area contributed by atoms with Crippen LogP contribution in [0.4, 0.5) is 4.39 Å². The quantitative estimate of drug-likeness (QED) is 0.849. The van der Waals surface area contributed by atoms with Gasteiger partial charge >= 0.3 is 0 Å². The minimum atomic E-state index is -0.186. The van der Waals surface area contributed by atoms with Crippen molar-refractivity contribution in [2.24, 2.45) is 23.5 Å². The molecule has 0 aromatic heterocycles. The zero-order valence-electron chi connectivity index (χ0n) is 11.4. The van der Waals surface area contributed by atoms with E-state index in [-0.39, 0.29) is 11.9 Å². The first-order chi connectivity index (χ1) is 8.58. The normalized spacial score (nSPS) is 26.3. The van der Waals surface area contributed by atoms with Gasteiger partial charge in [-0.25, -0.2) is 4.39 Å². The summed E-state index contributed by atoms with van der Waals surface area (Å²) in [5.41, 5.74) is 7.39. The van der Waals surface area contributed by atoms with Crippen LogP contribution in [0.3, 0.4) is 0 Å². The topological polar surface area (TPSA) is 26.0 Å². The van der Waals surface area contributed by atoms with Crippen molar-refractivity contribution in [3.05, 3.63) is 35.6 Å². The minimum Gasteiger partial charge on any atom is -0.324 e. The number of halogens is 1. The summed E-state index contributed by atoms with van der Waals surface area (Å²) in [4.78, 5) is 0. The second-order valence-corrected chi connectivity index (χ2v) is 6.00. The van der Waals surface area contributed by atoms with Gasteiger partial charge < -0.3 is 5.73 Å². The molecule has 1 fully saturated rings. The van der Waals surface area contributed by atoms with E-state index in [1.54, 1.807) is 0 Å². The minimum absolute atomic E-state index is 0.0683. The van der Waals surface area contributed by atoms with Crippen LogP contribution in [0.25, 0.3) is 0 Å². The molecule has 1 nitrogen and oxygen atoms in total. The van der Waals surface area contributed by atoms with Crippen LogP contribution < -0.4 is 5.73 Å². The van der Waals surface area contributed by atoms with Crippen molar-refractivity contribution in [2.75, 3.05) is 0 Å². The molecule has 0 amide bonds. The summed E-state index contributed by atoms with van der Waals surface area (Å²) in [6, 6.07) is 6.74. The molecule has 0 heterocycles. The maximum absolute atomic E-state index is 12.9. The Kier molecular flexibility index (Phi) is 4.39. The van der Waals surface area contributed by atoms with Crippen molar-refractivity contribution >= 4 is 0 Å². The van der Waals surface area contributed by atoms with Gasteiger partial charge in [-0.3, -0.25) is 0 Å². The Morgan fingerprint density at radius 2 is 1.50 bits per heavy atom. The molecule has 1 aliphatic carbocycles. The second-order valence-electron chi connectivity index (χ2n) is 6.00. The summed E-state index contributed by atoms with van der Waals surface area (Å²) in [7, 11) is 0. The van der Waals surface area contributed by atoms with Gasteiger partial charge in [0, 0.05) is 6.04 Å². The Morgan fingerprint density at radius 1 is 1.00 bits per heavy atom. The third-order valence-electron chi connectivity index (χ3n) is 4.52. The Morgan fingerprint density at radius 3 is 2.00 bits per heavy atom. The molecule has 2 N–H and O–H groups in total. The standard InChI is InChI=1S/C16H24FN/c1-11(2)12-3-5-13(6-4-12)16(18)14-7-9-15(17)10-8-14/h7-13,16H,3-6,18H2,1-2H3. The van der Waals surface area contributed by atoms with E-state index in [1.807, 2.05) is 12.1 Å². The van der Waals surface area contributed by atoms with Crippen molar-refractivity contribution in [3.8, 4) is 0 Å². The Hall–Kier alpha value is -0.890. The smallest absolute Gasteiger partial charge is 0.123 e. The molecule has 0 bridgehead atoms. The molecular weight excluding hydrogens is 225 g/mol. The summed E-state index contributed by atoms with van der Waals surface area (Å²) in [6.07, 6.45) is 5.00. The Balaban J connectivity index is 1.95. The fourth-order valence-electron chi connectivity index (χ4n) is 3.13. The summed E-state index contributed by atoms with van der Waals surface area (Å²) in [5, 5.41) is 0. The number of nitrogens with two attached hydrogens (primary N) is 1. The molecule has 2 rings (SSSR count). The maximum Gasteiger partial charge on any atom is 0.123 e. The van der Waals surface area contributed by atoms with E-state index in [0.29, 0.717) is 5.92 Å². The number of benzene rings is 1. The van der Waals surface area contributed by atoms with Crippen LogP contribution >= 0.6 is 0 Å². The maximum atomic E-state index is 12.9. The number of rotatable bonds is 3. The number of hydrogen-bond acceptors (Lipinski definition) is 1. The molecule has 2 heteroatoms. The summed E-state index contributed by atoms with van der Waals surface area (Å²) in [6.45, 7) is 4.62. The highest BCUT2D eigenvalue weighted by atomic mass is 19.1. The lowest BCUT2D eigenvalue weighted by Gasteiger charge is -2.34. The van der Waals surface area contributed by atoms with Crippen LogP contribution in [0.2, 0.25) is 0 Å². The van der Waals surface area contributed by atoms with Crippen molar-refractivity contribution in [2.45, 2.75) is 45.6 Å². The van der Waals surface area contributed by atoms with Crippen LogP contribution in [0.1, 0.15) is 51.1 Å². The zero-order valence-corrected chi connectivity index (χ0v) is 11.4. The van der Waals surface area contributed by atoms with E-state index in [0.717, 1.165) is 17.4 Å². The molecule has 1 saturated carbocycles. The monoisotopic (exact) mass is 249 g/mol. The van der Waals surface area contributed by atoms with Gasteiger partial charge in [-0.05, 0) is 61.1 Å². The number of hydrogen-bond donors (Lipinski definition) is 1. The molecule has 18 heavy (non-hydrogen) atoms. The molecule has 1 aliphatic rings. The van der Waals surface area contributed by atoms with Gasteiger partial charge in [-0.15, -0.1) is 0 Å². The lowest BCUT2D eigenvalue weighted by atomic mass is 9.73. The van der Waals surface area contributed by atoms with Crippen molar-refractivity contribution in [1.82, 2.24) is 0 Å². The SMILES string of the molecule is CC(C)C1CCC(C(N)c2ccc(F)cc2)CC1. The van der Waals surface area contributed by atoms with E-state index in [2.05, 4.69) is 13.8 Å². The predicted molar refractivity (Wildman–Crippen MR) is 73.6 cm³/mol. The molecule has 0 radical (unpaired) electrons.